The van der Waals surface area contributed by atoms with Gasteiger partial charge in [-0.3, -0.25) is 4.79 Å². The summed E-state index contributed by atoms with van der Waals surface area (Å²) >= 11 is 3.43. The Morgan fingerprint density at radius 2 is 1.95 bits per heavy atom. The van der Waals surface area contributed by atoms with Crippen molar-refractivity contribution < 1.29 is 9.53 Å². The van der Waals surface area contributed by atoms with Gasteiger partial charge in [-0.15, -0.1) is 0 Å². The predicted molar refractivity (Wildman–Crippen MR) is 84.2 cm³/mol. The van der Waals surface area contributed by atoms with Crippen LogP contribution in [-0.4, -0.2) is 31.0 Å². The lowest BCUT2D eigenvalue weighted by Crippen LogP contribution is -2.39. The molecule has 1 aliphatic rings. The van der Waals surface area contributed by atoms with Crippen LogP contribution in [0.15, 0.2) is 22.7 Å². The Morgan fingerprint density at radius 3 is 2.50 bits per heavy atom. The summed E-state index contributed by atoms with van der Waals surface area (Å²) in [7, 11) is 3.54. The lowest BCUT2D eigenvalue weighted by Gasteiger charge is -2.33. The van der Waals surface area contributed by atoms with Crippen molar-refractivity contribution in [2.24, 2.45) is 5.92 Å². The Kier molecular flexibility index (Phi) is 5.08. The summed E-state index contributed by atoms with van der Waals surface area (Å²) in [5.41, 5.74) is 0.707. The third-order valence-electron chi connectivity index (χ3n) is 4.25. The molecule has 0 radical (unpaired) electrons. The molecule has 1 aromatic carbocycles. The normalized spacial score (nSPS) is 22.4. The molecule has 0 aromatic heterocycles. The fourth-order valence-electron chi connectivity index (χ4n) is 2.80. The van der Waals surface area contributed by atoms with Crippen LogP contribution in [-0.2, 0) is 0 Å². The third-order valence-corrected chi connectivity index (χ3v) is 4.87. The van der Waals surface area contributed by atoms with Crippen molar-refractivity contribution in [3.05, 3.63) is 28.2 Å². The van der Waals surface area contributed by atoms with E-state index in [1.807, 2.05) is 30.1 Å². The lowest BCUT2D eigenvalue weighted by molar-refractivity contribution is 0.0679. The van der Waals surface area contributed by atoms with Crippen molar-refractivity contribution in [1.82, 2.24) is 4.90 Å². The Labute approximate surface area is 129 Å². The van der Waals surface area contributed by atoms with Crippen molar-refractivity contribution in [3.63, 3.8) is 0 Å². The van der Waals surface area contributed by atoms with Gasteiger partial charge >= 0.3 is 0 Å². The molecule has 20 heavy (non-hydrogen) atoms. The molecule has 0 heterocycles. The molecule has 110 valence electrons. The second-order valence-electron chi connectivity index (χ2n) is 5.68. The van der Waals surface area contributed by atoms with Gasteiger partial charge in [0.2, 0.25) is 0 Å². The topological polar surface area (TPSA) is 29.5 Å². The SMILES string of the molecule is COc1ccc(C(=O)N(C)C2CCC(C)CC2)cc1Br. The Hall–Kier alpha value is -1.03. The zero-order valence-corrected chi connectivity index (χ0v) is 13.9. The molecule has 1 aromatic rings. The highest BCUT2D eigenvalue weighted by molar-refractivity contribution is 9.10. The van der Waals surface area contributed by atoms with Gasteiger partial charge in [-0.2, -0.15) is 0 Å². The maximum Gasteiger partial charge on any atom is 0.253 e. The van der Waals surface area contributed by atoms with E-state index in [-0.39, 0.29) is 5.91 Å². The molecule has 0 N–H and O–H groups in total. The molecular weight excluding hydrogens is 318 g/mol. The number of carbonyl (C=O) groups is 1. The summed E-state index contributed by atoms with van der Waals surface area (Å²) in [5, 5.41) is 0. The third kappa shape index (κ3) is 3.35. The molecule has 1 saturated carbocycles. The summed E-state index contributed by atoms with van der Waals surface area (Å²) < 4.78 is 6.01. The second-order valence-corrected chi connectivity index (χ2v) is 6.53. The van der Waals surface area contributed by atoms with Gasteiger partial charge in [0, 0.05) is 18.7 Å². The number of halogens is 1. The van der Waals surface area contributed by atoms with Gasteiger partial charge in [0.15, 0.2) is 0 Å². The van der Waals surface area contributed by atoms with E-state index in [0.29, 0.717) is 11.6 Å². The van der Waals surface area contributed by atoms with Crippen LogP contribution in [0.1, 0.15) is 43.0 Å². The van der Waals surface area contributed by atoms with Crippen LogP contribution in [0.3, 0.4) is 0 Å². The van der Waals surface area contributed by atoms with Gasteiger partial charge in [0.25, 0.3) is 5.91 Å². The lowest BCUT2D eigenvalue weighted by atomic mass is 9.86. The van der Waals surface area contributed by atoms with E-state index in [2.05, 4.69) is 22.9 Å². The Balaban J connectivity index is 2.08. The number of carbonyl (C=O) groups excluding carboxylic acids is 1. The van der Waals surface area contributed by atoms with E-state index in [1.165, 1.54) is 12.8 Å². The van der Waals surface area contributed by atoms with Gasteiger partial charge in [-0.25, -0.2) is 0 Å². The molecule has 0 spiro atoms. The highest BCUT2D eigenvalue weighted by Gasteiger charge is 2.25. The summed E-state index contributed by atoms with van der Waals surface area (Å²) in [6.45, 7) is 2.29. The van der Waals surface area contributed by atoms with Crippen molar-refractivity contribution in [1.29, 1.82) is 0 Å². The van der Waals surface area contributed by atoms with E-state index < -0.39 is 0 Å². The van der Waals surface area contributed by atoms with Crippen molar-refractivity contribution in [2.75, 3.05) is 14.2 Å². The van der Waals surface area contributed by atoms with Gasteiger partial charge in [-0.1, -0.05) is 6.92 Å². The second kappa shape index (κ2) is 6.61. The van der Waals surface area contributed by atoms with E-state index in [9.17, 15) is 4.79 Å². The first-order valence-corrected chi connectivity index (χ1v) is 7.93. The molecule has 0 aliphatic heterocycles. The number of rotatable bonds is 3. The monoisotopic (exact) mass is 339 g/mol. The van der Waals surface area contributed by atoms with E-state index in [4.69, 9.17) is 4.74 Å². The van der Waals surface area contributed by atoms with Crippen LogP contribution in [0.25, 0.3) is 0 Å². The number of amides is 1. The first kappa shape index (κ1) is 15.4. The molecule has 0 bridgehead atoms. The molecule has 1 amide bonds. The van der Waals surface area contributed by atoms with Gasteiger partial charge in [-0.05, 0) is 65.7 Å². The average Bonchev–Trinajstić information content (AvgIpc) is 2.46. The first-order chi connectivity index (χ1) is 9.52. The molecule has 4 heteroatoms. The number of methoxy groups -OCH3 is 1. The van der Waals surface area contributed by atoms with E-state index in [0.717, 1.165) is 29.0 Å². The van der Waals surface area contributed by atoms with Crippen LogP contribution in [0.2, 0.25) is 0 Å². The average molecular weight is 340 g/mol. The molecule has 0 atom stereocenters. The Morgan fingerprint density at radius 1 is 1.30 bits per heavy atom. The fourth-order valence-corrected chi connectivity index (χ4v) is 3.34. The van der Waals surface area contributed by atoms with Crippen LogP contribution >= 0.6 is 15.9 Å². The molecule has 1 fully saturated rings. The maximum atomic E-state index is 12.5. The highest BCUT2D eigenvalue weighted by atomic mass is 79.9. The van der Waals surface area contributed by atoms with Crippen LogP contribution < -0.4 is 4.74 Å². The highest BCUT2D eigenvalue weighted by Crippen LogP contribution is 2.29. The van der Waals surface area contributed by atoms with Crippen LogP contribution in [0.4, 0.5) is 0 Å². The van der Waals surface area contributed by atoms with Crippen molar-refractivity contribution >= 4 is 21.8 Å². The van der Waals surface area contributed by atoms with Crippen molar-refractivity contribution in [3.8, 4) is 5.75 Å². The molecule has 3 nitrogen and oxygen atoms in total. The predicted octanol–water partition coefficient (Wildman–Crippen LogP) is 4.11. The summed E-state index contributed by atoms with van der Waals surface area (Å²) in [4.78, 5) is 14.4. The molecule has 2 rings (SSSR count). The zero-order chi connectivity index (χ0) is 14.7. The molecule has 0 saturated heterocycles. The number of benzene rings is 1. The van der Waals surface area contributed by atoms with Gasteiger partial charge in [0.1, 0.15) is 5.75 Å². The number of ether oxygens (including phenoxy) is 1. The fraction of sp³-hybridized carbons (Fsp3) is 0.562. The van der Waals surface area contributed by atoms with Crippen LogP contribution in [0.5, 0.6) is 5.75 Å². The largest absolute Gasteiger partial charge is 0.496 e. The van der Waals surface area contributed by atoms with Crippen molar-refractivity contribution in [2.45, 2.75) is 38.6 Å². The van der Waals surface area contributed by atoms with E-state index >= 15 is 0 Å². The number of nitrogens with zero attached hydrogens (tertiary/aromatic N) is 1. The molecular formula is C16H22BrNO2. The number of hydrogen-bond donors (Lipinski definition) is 0. The van der Waals surface area contributed by atoms with Gasteiger partial charge in [0.05, 0.1) is 11.6 Å². The minimum atomic E-state index is 0.0907. The standard InChI is InChI=1S/C16H22BrNO2/c1-11-4-7-13(8-5-11)18(2)16(19)12-6-9-15(20-3)14(17)10-12/h6,9-11,13H,4-5,7-8H2,1-3H3. The quantitative estimate of drug-likeness (QED) is 0.829. The molecule has 0 unspecified atom stereocenters. The minimum Gasteiger partial charge on any atom is -0.496 e. The summed E-state index contributed by atoms with van der Waals surface area (Å²) in [6.07, 6.45) is 4.66. The number of hydrogen-bond acceptors (Lipinski definition) is 2. The summed E-state index contributed by atoms with van der Waals surface area (Å²) in [5.74, 6) is 1.63. The minimum absolute atomic E-state index is 0.0907. The Bertz CT molecular complexity index is 481. The van der Waals surface area contributed by atoms with Crippen LogP contribution in [0, 0.1) is 5.92 Å². The van der Waals surface area contributed by atoms with Gasteiger partial charge < -0.3 is 9.64 Å². The maximum absolute atomic E-state index is 12.5. The zero-order valence-electron chi connectivity index (χ0n) is 12.4. The van der Waals surface area contributed by atoms with E-state index in [1.54, 1.807) is 7.11 Å². The smallest absolute Gasteiger partial charge is 0.253 e. The first-order valence-electron chi connectivity index (χ1n) is 7.13. The molecule has 1 aliphatic carbocycles. The summed E-state index contributed by atoms with van der Waals surface area (Å²) in [6, 6.07) is 5.87.